The molecule has 4 aromatic rings. The van der Waals surface area contributed by atoms with Crippen LogP contribution in [-0.4, -0.2) is 30.4 Å². The van der Waals surface area contributed by atoms with Crippen molar-refractivity contribution in [2.75, 3.05) is 5.43 Å². The number of nitrogens with one attached hydrogen (secondary N) is 2. The van der Waals surface area contributed by atoms with E-state index < -0.39 is 11.2 Å². The zero-order valence-corrected chi connectivity index (χ0v) is 16.5. The fourth-order valence-corrected chi connectivity index (χ4v) is 3.11. The minimum absolute atomic E-state index is 0.0926. The summed E-state index contributed by atoms with van der Waals surface area (Å²) in [6, 6.07) is 14.7. The number of benzene rings is 2. The van der Waals surface area contributed by atoms with Crippen LogP contribution in [0.4, 0.5) is 5.95 Å². The number of rotatable bonds is 5. The van der Waals surface area contributed by atoms with Crippen molar-refractivity contribution in [1.29, 1.82) is 0 Å². The Morgan fingerprint density at radius 2 is 1.90 bits per heavy atom. The van der Waals surface area contributed by atoms with Gasteiger partial charge in [0.2, 0.25) is 5.95 Å². The molecule has 9 nitrogen and oxygen atoms in total. The van der Waals surface area contributed by atoms with Crippen LogP contribution in [0.5, 0.6) is 5.75 Å². The first-order chi connectivity index (χ1) is 14.4. The van der Waals surface area contributed by atoms with Gasteiger partial charge in [0.05, 0.1) is 12.8 Å². The molecular formula is C21H20N6O3. The third-order valence-electron chi connectivity index (χ3n) is 4.77. The first-order valence-corrected chi connectivity index (χ1v) is 9.26. The number of fused-ring (bicyclic) bond motifs is 1. The largest absolute Gasteiger partial charge is 0.507 e. The third-order valence-corrected chi connectivity index (χ3v) is 4.77. The number of phenols is 1. The van der Waals surface area contributed by atoms with E-state index in [0.717, 1.165) is 11.1 Å². The maximum absolute atomic E-state index is 12.5. The number of hydrazone groups is 1. The molecule has 2 heterocycles. The smallest absolute Gasteiger partial charge is 0.329 e. The quantitative estimate of drug-likeness (QED) is 0.347. The predicted molar refractivity (Wildman–Crippen MR) is 115 cm³/mol. The molecule has 3 N–H and O–H groups in total. The number of anilines is 1. The van der Waals surface area contributed by atoms with Crippen molar-refractivity contribution in [1.82, 2.24) is 19.1 Å². The van der Waals surface area contributed by atoms with Gasteiger partial charge >= 0.3 is 5.69 Å². The number of aryl methyl sites for hydroxylation is 2. The average molecular weight is 404 g/mol. The van der Waals surface area contributed by atoms with E-state index in [1.54, 1.807) is 35.9 Å². The summed E-state index contributed by atoms with van der Waals surface area (Å²) in [6.45, 7) is 2.35. The van der Waals surface area contributed by atoms with Crippen LogP contribution in [0.2, 0.25) is 0 Å². The van der Waals surface area contributed by atoms with Crippen LogP contribution in [0.3, 0.4) is 0 Å². The minimum atomic E-state index is -0.545. The maximum atomic E-state index is 12.5. The summed E-state index contributed by atoms with van der Waals surface area (Å²) >= 11 is 0. The number of aromatic hydroxyl groups is 1. The standard InChI is InChI=1S/C21H20N6O3/c1-13-7-9-14(10-8-13)12-27-17-18(26(2)21(30)24-19(17)29)23-20(27)25-22-11-15-5-3-4-6-16(15)28/h3-11,28H,12H2,1-2H3,(H,23,25)(H,24,29,30)/b22-11+. The van der Waals surface area contributed by atoms with E-state index in [2.05, 4.69) is 20.5 Å². The summed E-state index contributed by atoms with van der Waals surface area (Å²) in [5.74, 6) is 0.388. The fraction of sp³-hybridized carbons (Fsp3) is 0.143. The highest BCUT2D eigenvalue weighted by Gasteiger charge is 2.17. The number of hydrogen-bond acceptors (Lipinski definition) is 6. The van der Waals surface area contributed by atoms with Gasteiger partial charge in [-0.15, -0.1) is 0 Å². The van der Waals surface area contributed by atoms with Crippen molar-refractivity contribution < 1.29 is 5.11 Å². The van der Waals surface area contributed by atoms with Gasteiger partial charge in [-0.05, 0) is 24.6 Å². The van der Waals surface area contributed by atoms with E-state index in [1.807, 2.05) is 31.2 Å². The Kier molecular flexibility index (Phi) is 4.93. The van der Waals surface area contributed by atoms with Gasteiger partial charge in [-0.2, -0.15) is 10.1 Å². The molecule has 0 atom stereocenters. The van der Waals surface area contributed by atoms with Crippen LogP contribution in [-0.2, 0) is 13.6 Å². The molecule has 2 aromatic heterocycles. The zero-order chi connectivity index (χ0) is 21.3. The fourth-order valence-electron chi connectivity index (χ4n) is 3.11. The number of nitrogens with zero attached hydrogens (tertiary/aromatic N) is 4. The Bertz CT molecular complexity index is 1360. The van der Waals surface area contributed by atoms with E-state index >= 15 is 0 Å². The molecule has 0 fully saturated rings. The molecule has 0 amide bonds. The van der Waals surface area contributed by atoms with E-state index in [0.29, 0.717) is 18.1 Å². The predicted octanol–water partition coefficient (Wildman–Crippen LogP) is 1.93. The second-order valence-electron chi connectivity index (χ2n) is 6.93. The van der Waals surface area contributed by atoms with E-state index in [1.165, 1.54) is 10.8 Å². The van der Waals surface area contributed by atoms with Crippen molar-refractivity contribution in [3.8, 4) is 5.75 Å². The van der Waals surface area contributed by atoms with Gasteiger partial charge in [0.25, 0.3) is 5.56 Å². The van der Waals surface area contributed by atoms with Crippen LogP contribution in [0, 0.1) is 6.92 Å². The SMILES string of the molecule is Cc1ccc(Cn2c(N/N=C/c3ccccc3O)nc3c2c(=O)[nH]c(=O)n3C)cc1. The van der Waals surface area contributed by atoms with Gasteiger partial charge in [0, 0.05) is 12.6 Å². The van der Waals surface area contributed by atoms with Gasteiger partial charge in [-0.25, -0.2) is 10.2 Å². The van der Waals surface area contributed by atoms with Crippen LogP contribution in [0.25, 0.3) is 11.2 Å². The number of para-hydroxylation sites is 1. The molecule has 0 aliphatic carbocycles. The van der Waals surface area contributed by atoms with E-state index in [4.69, 9.17) is 0 Å². The Morgan fingerprint density at radius 1 is 1.17 bits per heavy atom. The lowest BCUT2D eigenvalue weighted by Crippen LogP contribution is -2.29. The van der Waals surface area contributed by atoms with E-state index in [9.17, 15) is 14.7 Å². The Hall–Kier alpha value is -4.14. The maximum Gasteiger partial charge on any atom is 0.329 e. The number of imidazole rings is 1. The van der Waals surface area contributed by atoms with Gasteiger partial charge in [0.15, 0.2) is 11.2 Å². The van der Waals surface area contributed by atoms with Crippen molar-refractivity contribution >= 4 is 23.3 Å². The van der Waals surface area contributed by atoms with Crippen LogP contribution in [0.1, 0.15) is 16.7 Å². The van der Waals surface area contributed by atoms with Gasteiger partial charge in [0.1, 0.15) is 5.75 Å². The molecule has 0 unspecified atom stereocenters. The molecule has 0 radical (unpaired) electrons. The van der Waals surface area contributed by atoms with Gasteiger partial charge < -0.3 is 5.11 Å². The molecule has 0 bridgehead atoms. The summed E-state index contributed by atoms with van der Waals surface area (Å²) in [4.78, 5) is 31.3. The summed E-state index contributed by atoms with van der Waals surface area (Å²) in [7, 11) is 1.54. The van der Waals surface area contributed by atoms with Crippen LogP contribution < -0.4 is 16.7 Å². The van der Waals surface area contributed by atoms with Crippen molar-refractivity contribution in [2.24, 2.45) is 12.1 Å². The van der Waals surface area contributed by atoms with Crippen LogP contribution >= 0.6 is 0 Å². The number of hydrogen-bond donors (Lipinski definition) is 3. The lowest BCUT2D eigenvalue weighted by atomic mass is 10.1. The highest BCUT2D eigenvalue weighted by molar-refractivity contribution is 5.83. The number of aromatic amines is 1. The molecule has 30 heavy (non-hydrogen) atoms. The minimum Gasteiger partial charge on any atom is -0.507 e. The molecule has 2 aromatic carbocycles. The third kappa shape index (κ3) is 3.60. The highest BCUT2D eigenvalue weighted by atomic mass is 16.3. The lowest BCUT2D eigenvalue weighted by molar-refractivity contribution is 0.474. The molecule has 0 saturated carbocycles. The van der Waals surface area contributed by atoms with E-state index in [-0.39, 0.29) is 16.9 Å². The Labute approximate surface area is 171 Å². The molecular weight excluding hydrogens is 384 g/mol. The Balaban J connectivity index is 1.79. The molecule has 152 valence electrons. The monoisotopic (exact) mass is 404 g/mol. The van der Waals surface area contributed by atoms with Crippen molar-refractivity contribution in [3.05, 3.63) is 86.1 Å². The molecule has 0 spiro atoms. The molecule has 9 heteroatoms. The average Bonchev–Trinajstić information content (AvgIpc) is 3.08. The van der Waals surface area contributed by atoms with Crippen molar-refractivity contribution in [2.45, 2.75) is 13.5 Å². The lowest BCUT2D eigenvalue weighted by Gasteiger charge is -2.08. The first kappa shape index (κ1) is 19.2. The zero-order valence-electron chi connectivity index (χ0n) is 16.5. The summed E-state index contributed by atoms with van der Waals surface area (Å²) < 4.78 is 2.95. The summed E-state index contributed by atoms with van der Waals surface area (Å²) in [5.41, 5.74) is 4.88. The second-order valence-corrected chi connectivity index (χ2v) is 6.93. The highest BCUT2D eigenvalue weighted by Crippen LogP contribution is 2.18. The Morgan fingerprint density at radius 3 is 2.63 bits per heavy atom. The normalized spacial score (nSPS) is 11.4. The summed E-state index contributed by atoms with van der Waals surface area (Å²) in [6.07, 6.45) is 1.45. The summed E-state index contributed by atoms with van der Waals surface area (Å²) in [5, 5.41) is 14.0. The van der Waals surface area contributed by atoms with Crippen molar-refractivity contribution in [3.63, 3.8) is 0 Å². The molecule has 4 rings (SSSR count). The number of H-pyrrole nitrogens is 1. The van der Waals surface area contributed by atoms with Gasteiger partial charge in [-0.1, -0.05) is 42.0 Å². The number of aromatic nitrogens is 4. The van der Waals surface area contributed by atoms with Crippen LogP contribution in [0.15, 0.2) is 63.2 Å². The second kappa shape index (κ2) is 7.70. The molecule has 0 aliphatic rings. The first-order valence-electron chi connectivity index (χ1n) is 9.26. The topological polar surface area (TPSA) is 117 Å². The number of phenolic OH excluding ortho intramolecular Hbond substituents is 1. The van der Waals surface area contributed by atoms with Gasteiger partial charge in [-0.3, -0.25) is 18.9 Å². The molecule has 0 saturated heterocycles. The molecule has 0 aliphatic heterocycles.